The molecule has 0 aliphatic carbocycles. The number of carbonyl (C=O) groups is 2. The van der Waals surface area contributed by atoms with Crippen LogP contribution in [0.3, 0.4) is 0 Å². The Morgan fingerprint density at radius 1 is 0.939 bits per heavy atom. The summed E-state index contributed by atoms with van der Waals surface area (Å²) < 4.78 is 60.4. The summed E-state index contributed by atoms with van der Waals surface area (Å²) in [5.41, 5.74) is 0.988. The number of likely N-dealkylation sites (N-methyl/N-ethyl adjacent to an activating group) is 1. The van der Waals surface area contributed by atoms with Crippen molar-refractivity contribution in [2.45, 2.75) is 45.2 Å². The van der Waals surface area contributed by atoms with Crippen molar-refractivity contribution < 1.29 is 31.5 Å². The fraction of sp³-hybridized carbons (Fsp3) is 0.429. The molecule has 3 aromatic rings. The number of benzene rings is 3. The number of urea groups is 1. The zero-order chi connectivity index (χ0) is 35.6. The number of carbonyl (C=O) groups excluding carboxylic acids is 2. The first-order valence-corrected chi connectivity index (χ1v) is 18.3. The number of rotatable bonds is 15. The van der Waals surface area contributed by atoms with Crippen LogP contribution in [-0.4, -0.2) is 94.2 Å². The van der Waals surface area contributed by atoms with Gasteiger partial charge in [0.05, 0.1) is 17.5 Å². The summed E-state index contributed by atoms with van der Waals surface area (Å²) in [5.74, 6) is -1.39. The van der Waals surface area contributed by atoms with Crippen molar-refractivity contribution in [1.29, 1.82) is 0 Å². The number of piperidine rings is 1. The van der Waals surface area contributed by atoms with Gasteiger partial charge in [0.25, 0.3) is 5.91 Å². The third-order valence-corrected chi connectivity index (χ3v) is 8.73. The number of amides is 3. The quantitative estimate of drug-likeness (QED) is 0.185. The van der Waals surface area contributed by atoms with Crippen LogP contribution in [-0.2, 0) is 16.6 Å². The van der Waals surface area contributed by atoms with Crippen LogP contribution >= 0.6 is 0 Å². The normalized spacial score (nSPS) is 14.0. The fourth-order valence-electron chi connectivity index (χ4n) is 5.52. The van der Waals surface area contributed by atoms with Gasteiger partial charge >= 0.3 is 6.03 Å². The lowest BCUT2D eigenvalue weighted by Crippen LogP contribution is -2.49. The van der Waals surface area contributed by atoms with Crippen molar-refractivity contribution in [1.82, 2.24) is 20.0 Å². The van der Waals surface area contributed by atoms with Crippen LogP contribution in [0.4, 0.5) is 25.0 Å². The Hall–Kier alpha value is -4.27. The van der Waals surface area contributed by atoms with E-state index in [9.17, 15) is 26.8 Å². The van der Waals surface area contributed by atoms with E-state index in [0.717, 1.165) is 63.2 Å². The number of hydrogen-bond acceptors (Lipinski definition) is 7. The summed E-state index contributed by atoms with van der Waals surface area (Å²) in [5, 5.41) is 5.22. The Kier molecular flexibility index (Phi) is 13.3. The van der Waals surface area contributed by atoms with E-state index in [-0.39, 0.29) is 17.3 Å². The van der Waals surface area contributed by atoms with Crippen LogP contribution < -0.4 is 20.1 Å². The molecule has 0 aromatic heterocycles. The third kappa shape index (κ3) is 11.7. The summed E-state index contributed by atoms with van der Waals surface area (Å²) in [6.45, 7) is 5.61. The molecule has 49 heavy (non-hydrogen) atoms. The second-order valence-corrected chi connectivity index (χ2v) is 14.2. The molecule has 266 valence electrons. The van der Waals surface area contributed by atoms with E-state index < -0.39 is 33.6 Å². The van der Waals surface area contributed by atoms with Crippen molar-refractivity contribution in [3.8, 4) is 11.5 Å². The van der Waals surface area contributed by atoms with Crippen molar-refractivity contribution in [3.05, 3.63) is 83.4 Å². The zero-order valence-corrected chi connectivity index (χ0v) is 29.3. The molecule has 3 N–H and O–H groups in total. The summed E-state index contributed by atoms with van der Waals surface area (Å²) in [6, 6.07) is 15.6. The van der Waals surface area contributed by atoms with Gasteiger partial charge in [0.15, 0.2) is 0 Å². The van der Waals surface area contributed by atoms with Gasteiger partial charge in [-0.1, -0.05) is 25.5 Å². The second-order valence-electron chi connectivity index (χ2n) is 12.5. The van der Waals surface area contributed by atoms with E-state index in [0.29, 0.717) is 42.9 Å². The third-order valence-electron chi connectivity index (χ3n) is 8.12. The Labute approximate surface area is 287 Å². The molecule has 14 heteroatoms. The molecule has 0 bridgehead atoms. The highest BCUT2D eigenvalue weighted by Gasteiger charge is 2.29. The molecule has 1 fully saturated rings. The zero-order valence-electron chi connectivity index (χ0n) is 28.5. The predicted octanol–water partition coefficient (Wildman–Crippen LogP) is 5.72. The predicted molar refractivity (Wildman–Crippen MR) is 188 cm³/mol. The van der Waals surface area contributed by atoms with Crippen LogP contribution in [0, 0.1) is 11.6 Å². The van der Waals surface area contributed by atoms with E-state index in [4.69, 9.17) is 4.74 Å². The van der Waals surface area contributed by atoms with Gasteiger partial charge in [-0.05, 0) is 81.4 Å². The summed E-state index contributed by atoms with van der Waals surface area (Å²) >= 11 is 0. The lowest BCUT2D eigenvalue weighted by Gasteiger charge is -2.38. The average molecular weight is 701 g/mol. The van der Waals surface area contributed by atoms with E-state index in [1.54, 1.807) is 29.2 Å². The lowest BCUT2D eigenvalue weighted by atomic mass is 10.0. The van der Waals surface area contributed by atoms with Gasteiger partial charge in [-0.2, -0.15) is 0 Å². The molecule has 1 heterocycles. The van der Waals surface area contributed by atoms with Crippen molar-refractivity contribution in [2.75, 3.05) is 63.1 Å². The number of nitrogens with zero attached hydrogens (tertiary/aromatic N) is 3. The maximum atomic E-state index is 14.8. The maximum absolute atomic E-state index is 14.8. The molecule has 1 saturated heterocycles. The number of likely N-dealkylation sites (tertiary alicyclic amines) is 1. The van der Waals surface area contributed by atoms with Crippen molar-refractivity contribution >= 4 is 33.3 Å². The van der Waals surface area contributed by atoms with Crippen molar-refractivity contribution in [2.24, 2.45) is 0 Å². The molecule has 0 spiro atoms. The summed E-state index contributed by atoms with van der Waals surface area (Å²) in [7, 11) is 0.335. The van der Waals surface area contributed by atoms with Crippen LogP contribution in [0.2, 0.25) is 0 Å². The molecule has 0 atom stereocenters. The van der Waals surface area contributed by atoms with Gasteiger partial charge in [-0.25, -0.2) is 22.0 Å². The number of anilines is 2. The minimum atomic E-state index is -3.35. The highest BCUT2D eigenvalue weighted by atomic mass is 32.2. The number of sulfonamides is 1. The summed E-state index contributed by atoms with van der Waals surface area (Å²) in [6.07, 6.45) is 4.20. The number of hydrogen-bond donors (Lipinski definition) is 3. The second kappa shape index (κ2) is 17.4. The first kappa shape index (κ1) is 37.5. The SMILES string of the molecule is CCCCN(C(=O)Nc1cc(C(=O)NCCN(C)C)c(F)cc1F)C1CCN(Cc2ccc(Oc3ccc(NS(C)(=O)=O)cc3)cc2)CC1. The van der Waals surface area contributed by atoms with Gasteiger partial charge in [0, 0.05) is 57.1 Å². The Morgan fingerprint density at radius 3 is 2.16 bits per heavy atom. The van der Waals surface area contributed by atoms with Gasteiger partial charge in [-0.3, -0.25) is 14.4 Å². The van der Waals surface area contributed by atoms with E-state index in [1.165, 1.54) is 0 Å². The highest BCUT2D eigenvalue weighted by Crippen LogP contribution is 2.26. The molecule has 3 aromatic carbocycles. The number of nitrogens with one attached hydrogen (secondary N) is 3. The van der Waals surface area contributed by atoms with Crippen LogP contribution in [0.15, 0.2) is 60.7 Å². The Balaban J connectivity index is 1.32. The van der Waals surface area contributed by atoms with Gasteiger partial charge in [0.2, 0.25) is 10.0 Å². The first-order chi connectivity index (χ1) is 23.3. The van der Waals surface area contributed by atoms with Crippen LogP contribution in [0.1, 0.15) is 48.5 Å². The minimum Gasteiger partial charge on any atom is -0.457 e. The molecule has 4 rings (SSSR count). The number of unbranched alkanes of at least 4 members (excludes halogenated alkanes) is 1. The summed E-state index contributed by atoms with van der Waals surface area (Å²) in [4.78, 5) is 32.0. The molecule has 0 unspecified atom stereocenters. The average Bonchev–Trinajstić information content (AvgIpc) is 3.04. The number of halogens is 2. The monoisotopic (exact) mass is 700 g/mol. The van der Waals surface area contributed by atoms with E-state index >= 15 is 0 Å². The standard InChI is InChI=1S/C35H46F2N6O5S/c1-5-6-18-43(35(45)39-33-22-30(31(36)23-32(33)37)34(44)38-17-21-41(2)3)27-15-19-42(20-16-27)24-25-7-11-28(12-8-25)48-29-13-9-26(10-14-29)40-49(4,46)47/h7-14,22-23,27,40H,5-6,15-21,24H2,1-4H3,(H,38,44)(H,39,45). The van der Waals surface area contributed by atoms with Crippen LogP contribution in [0.5, 0.6) is 11.5 Å². The lowest BCUT2D eigenvalue weighted by molar-refractivity contribution is 0.0946. The molecule has 1 aliphatic rings. The molecular weight excluding hydrogens is 654 g/mol. The smallest absolute Gasteiger partial charge is 0.322 e. The fourth-order valence-corrected chi connectivity index (χ4v) is 6.09. The minimum absolute atomic E-state index is 0.0603. The largest absolute Gasteiger partial charge is 0.457 e. The van der Waals surface area contributed by atoms with E-state index in [2.05, 4.69) is 20.3 Å². The Morgan fingerprint density at radius 2 is 1.57 bits per heavy atom. The molecule has 3 amide bonds. The number of ether oxygens (including phenoxy) is 1. The van der Waals surface area contributed by atoms with Gasteiger partial charge < -0.3 is 25.2 Å². The topological polar surface area (TPSA) is 123 Å². The van der Waals surface area contributed by atoms with E-state index in [1.807, 2.05) is 50.2 Å². The van der Waals surface area contributed by atoms with Crippen LogP contribution in [0.25, 0.3) is 0 Å². The van der Waals surface area contributed by atoms with Crippen molar-refractivity contribution in [3.63, 3.8) is 0 Å². The molecular formula is C35H46F2N6O5S. The highest BCUT2D eigenvalue weighted by molar-refractivity contribution is 7.92. The molecule has 11 nitrogen and oxygen atoms in total. The first-order valence-electron chi connectivity index (χ1n) is 16.4. The van der Waals surface area contributed by atoms with Gasteiger partial charge in [0.1, 0.15) is 23.1 Å². The molecule has 0 radical (unpaired) electrons. The Bertz CT molecular complexity index is 1660. The molecule has 1 aliphatic heterocycles. The maximum Gasteiger partial charge on any atom is 0.322 e. The molecule has 0 saturated carbocycles. The van der Waals surface area contributed by atoms with Gasteiger partial charge in [-0.15, -0.1) is 0 Å².